The van der Waals surface area contributed by atoms with Crippen LogP contribution in [0.2, 0.25) is 0 Å². The van der Waals surface area contributed by atoms with Crippen molar-refractivity contribution in [3.8, 4) is 22.6 Å². The van der Waals surface area contributed by atoms with E-state index in [-0.39, 0.29) is 28.6 Å². The van der Waals surface area contributed by atoms with E-state index >= 15 is 0 Å². The van der Waals surface area contributed by atoms with E-state index in [1.165, 1.54) is 0 Å². The molecule has 0 saturated carbocycles. The predicted octanol–water partition coefficient (Wildman–Crippen LogP) is 6.88. The Hall–Kier alpha value is -3.66. The fraction of sp³-hybridized carbons (Fsp3) is 0.0714. The second kappa shape index (κ2) is 10.8. The zero-order valence-electron chi connectivity index (χ0n) is 18.3. The summed E-state index contributed by atoms with van der Waals surface area (Å²) in [6.45, 7) is 4.05. The average molecular weight is 484 g/mol. The molecule has 0 spiro atoms. The number of aliphatic imine (C=N–C) groups is 2. The number of para-hydroxylation sites is 2. The third-order valence-corrected chi connectivity index (χ3v) is 5.16. The zero-order chi connectivity index (χ0) is 22.5. The Morgan fingerprint density at radius 2 is 0.970 bits per heavy atom. The van der Waals surface area contributed by atoms with Gasteiger partial charge >= 0.3 is 0 Å². The summed E-state index contributed by atoms with van der Waals surface area (Å²) in [4.78, 5) is 9.39. The summed E-state index contributed by atoms with van der Waals surface area (Å²) in [6, 6.07) is 26.4. The van der Waals surface area contributed by atoms with Gasteiger partial charge in [-0.2, -0.15) is 0 Å². The van der Waals surface area contributed by atoms with Crippen LogP contribution in [0.1, 0.15) is 22.3 Å². The van der Waals surface area contributed by atoms with Gasteiger partial charge in [-0.25, -0.2) is 0 Å². The van der Waals surface area contributed by atoms with Crippen LogP contribution >= 0.6 is 0 Å². The molecule has 0 heterocycles. The van der Waals surface area contributed by atoms with Crippen molar-refractivity contribution in [1.82, 2.24) is 0 Å². The third kappa shape index (κ3) is 5.78. The summed E-state index contributed by atoms with van der Waals surface area (Å²) < 4.78 is 0. The standard InChI is InChI=1S/C28H24N2O2.Cu/c1-19-11-13-23(25(15-19)29-17-21-7-3-5-9-27(21)31)24-14-12-20(2)16-26(24)30-18-22-8-4-6-10-28(22)32;/h3-18,31-32H,1-2H3;. The van der Waals surface area contributed by atoms with Gasteiger partial charge in [-0.05, 0) is 61.4 Å². The topological polar surface area (TPSA) is 65.2 Å². The van der Waals surface area contributed by atoms with E-state index in [0.29, 0.717) is 11.1 Å². The maximum atomic E-state index is 10.1. The van der Waals surface area contributed by atoms with Crippen LogP contribution in [0, 0.1) is 13.8 Å². The van der Waals surface area contributed by atoms with E-state index in [0.717, 1.165) is 33.6 Å². The molecule has 0 saturated heterocycles. The molecular formula is C28H24CuN2O2. The molecule has 2 N–H and O–H groups in total. The number of aryl methyl sites for hydroxylation is 2. The number of phenolic OH excluding ortho intramolecular Hbond substituents is 2. The number of nitrogens with zero attached hydrogens (tertiary/aromatic N) is 2. The fourth-order valence-electron chi connectivity index (χ4n) is 3.42. The number of phenols is 2. The van der Waals surface area contributed by atoms with Gasteiger partial charge < -0.3 is 10.2 Å². The van der Waals surface area contributed by atoms with Gasteiger partial charge in [-0.1, -0.05) is 48.5 Å². The van der Waals surface area contributed by atoms with Gasteiger partial charge in [0.1, 0.15) is 11.5 Å². The monoisotopic (exact) mass is 483 g/mol. The summed E-state index contributed by atoms with van der Waals surface area (Å²) >= 11 is 0. The Kier molecular flexibility index (Phi) is 7.83. The molecule has 0 aromatic heterocycles. The van der Waals surface area contributed by atoms with Crippen molar-refractivity contribution in [2.75, 3.05) is 0 Å². The molecule has 0 amide bonds. The van der Waals surface area contributed by atoms with Gasteiger partial charge in [0, 0.05) is 51.8 Å². The molecule has 5 heteroatoms. The summed E-state index contributed by atoms with van der Waals surface area (Å²) in [5.74, 6) is 0.377. The molecule has 1 radical (unpaired) electrons. The normalized spacial score (nSPS) is 11.1. The van der Waals surface area contributed by atoms with E-state index in [4.69, 9.17) is 9.98 Å². The molecule has 0 aliphatic heterocycles. The summed E-state index contributed by atoms with van der Waals surface area (Å²) in [5, 5.41) is 20.1. The summed E-state index contributed by atoms with van der Waals surface area (Å²) in [5.41, 5.74) is 6.93. The SMILES string of the molecule is Cc1ccc(-c2ccc(C)cc2N=Cc2ccccc2O)c(N=Cc2ccccc2O)c1.[Cu]. The zero-order valence-corrected chi connectivity index (χ0v) is 19.3. The Balaban J connectivity index is 0.00000306. The first-order chi connectivity index (χ1) is 15.5. The molecule has 4 aromatic rings. The Bertz CT molecular complexity index is 1230. The van der Waals surface area contributed by atoms with Crippen molar-refractivity contribution in [3.05, 3.63) is 107 Å². The van der Waals surface area contributed by atoms with Crippen molar-refractivity contribution in [1.29, 1.82) is 0 Å². The van der Waals surface area contributed by atoms with E-state index in [9.17, 15) is 10.2 Å². The third-order valence-electron chi connectivity index (χ3n) is 5.16. The number of hydrogen-bond donors (Lipinski definition) is 2. The van der Waals surface area contributed by atoms with Gasteiger partial charge in [0.15, 0.2) is 0 Å². The first-order valence-corrected chi connectivity index (χ1v) is 10.4. The molecule has 0 aliphatic carbocycles. The van der Waals surface area contributed by atoms with Crippen molar-refractivity contribution < 1.29 is 27.3 Å². The quantitative estimate of drug-likeness (QED) is 0.240. The molecule has 4 aromatic carbocycles. The maximum Gasteiger partial charge on any atom is 0.124 e. The number of aromatic hydroxyl groups is 2. The van der Waals surface area contributed by atoms with E-state index in [1.54, 1.807) is 36.7 Å². The van der Waals surface area contributed by atoms with E-state index < -0.39 is 0 Å². The molecule has 0 atom stereocenters. The van der Waals surface area contributed by atoms with Gasteiger partial charge in [0.05, 0.1) is 11.4 Å². The van der Waals surface area contributed by atoms with Crippen LogP contribution in [0.25, 0.3) is 11.1 Å². The summed E-state index contributed by atoms with van der Waals surface area (Å²) in [6.07, 6.45) is 3.35. The average Bonchev–Trinajstić information content (AvgIpc) is 2.78. The Morgan fingerprint density at radius 1 is 0.576 bits per heavy atom. The van der Waals surface area contributed by atoms with Crippen LogP contribution < -0.4 is 0 Å². The minimum Gasteiger partial charge on any atom is -0.507 e. The molecule has 169 valence electrons. The van der Waals surface area contributed by atoms with Crippen LogP contribution in [0.4, 0.5) is 11.4 Å². The van der Waals surface area contributed by atoms with Crippen molar-refractivity contribution >= 4 is 23.8 Å². The smallest absolute Gasteiger partial charge is 0.124 e. The second-order valence-electron chi connectivity index (χ2n) is 7.68. The second-order valence-corrected chi connectivity index (χ2v) is 7.68. The molecule has 0 unspecified atom stereocenters. The maximum absolute atomic E-state index is 10.1. The first-order valence-electron chi connectivity index (χ1n) is 10.4. The molecule has 4 nitrogen and oxygen atoms in total. The Morgan fingerprint density at radius 3 is 1.36 bits per heavy atom. The van der Waals surface area contributed by atoms with Crippen LogP contribution in [0.3, 0.4) is 0 Å². The van der Waals surface area contributed by atoms with Crippen LogP contribution in [0.15, 0.2) is 94.9 Å². The summed E-state index contributed by atoms with van der Waals surface area (Å²) in [7, 11) is 0. The molecule has 4 rings (SSSR count). The van der Waals surface area contributed by atoms with E-state index in [1.807, 2.05) is 74.5 Å². The van der Waals surface area contributed by atoms with Crippen LogP contribution in [0.5, 0.6) is 11.5 Å². The molecule has 0 bridgehead atoms. The molecule has 0 fully saturated rings. The molecule has 33 heavy (non-hydrogen) atoms. The van der Waals surface area contributed by atoms with Crippen molar-refractivity contribution in [2.24, 2.45) is 9.98 Å². The molecule has 0 aliphatic rings. The first kappa shape index (κ1) is 24.0. The van der Waals surface area contributed by atoms with Crippen LogP contribution in [-0.4, -0.2) is 22.6 Å². The van der Waals surface area contributed by atoms with Crippen molar-refractivity contribution in [3.63, 3.8) is 0 Å². The van der Waals surface area contributed by atoms with Gasteiger partial charge in [0.2, 0.25) is 0 Å². The minimum atomic E-state index is 0. The number of benzene rings is 4. The Labute approximate surface area is 204 Å². The van der Waals surface area contributed by atoms with E-state index in [2.05, 4.69) is 0 Å². The molecular weight excluding hydrogens is 460 g/mol. The number of hydrogen-bond acceptors (Lipinski definition) is 4. The largest absolute Gasteiger partial charge is 0.507 e. The van der Waals surface area contributed by atoms with Gasteiger partial charge in [-0.3, -0.25) is 9.98 Å². The van der Waals surface area contributed by atoms with Gasteiger partial charge in [0.25, 0.3) is 0 Å². The van der Waals surface area contributed by atoms with Gasteiger partial charge in [-0.15, -0.1) is 0 Å². The van der Waals surface area contributed by atoms with Crippen LogP contribution in [-0.2, 0) is 17.1 Å². The van der Waals surface area contributed by atoms with Crippen molar-refractivity contribution in [2.45, 2.75) is 13.8 Å². The fourth-order valence-corrected chi connectivity index (χ4v) is 3.42. The number of rotatable bonds is 5. The minimum absolute atomic E-state index is 0. The predicted molar refractivity (Wildman–Crippen MR) is 132 cm³/mol.